The molecule has 0 unspecified atom stereocenters. The number of hydrogen-bond donors (Lipinski definition) is 2. The second-order valence-electron chi connectivity index (χ2n) is 3.25. The Bertz CT molecular complexity index is 540. The van der Waals surface area contributed by atoms with E-state index >= 15 is 0 Å². The zero-order valence-corrected chi connectivity index (χ0v) is 8.38. The number of primary amides is 1. The summed E-state index contributed by atoms with van der Waals surface area (Å²) in [4.78, 5) is 14.6. The molecule has 0 fully saturated rings. The quantitative estimate of drug-likeness (QED) is 0.800. The highest BCUT2D eigenvalue weighted by molar-refractivity contribution is 5.87. The zero-order valence-electron chi connectivity index (χ0n) is 8.38. The molecule has 0 aliphatic heterocycles. The average Bonchev–Trinajstić information content (AvgIpc) is 2.28. The van der Waals surface area contributed by atoms with E-state index in [0.717, 1.165) is 10.9 Å². The van der Waals surface area contributed by atoms with Crippen LogP contribution in [-0.4, -0.2) is 16.2 Å². The van der Waals surface area contributed by atoms with Crippen LogP contribution in [0.5, 0.6) is 5.75 Å². The number of hydrogen-bond acceptors (Lipinski definition) is 4. The summed E-state index contributed by atoms with van der Waals surface area (Å²) in [7, 11) is 0. The third kappa shape index (κ3) is 1.88. The van der Waals surface area contributed by atoms with E-state index in [9.17, 15) is 9.90 Å². The third-order valence-corrected chi connectivity index (χ3v) is 2.21. The average molecular weight is 218 g/mol. The minimum atomic E-state index is -0.829. The molecular formula is C11H10N2O3. The van der Waals surface area contributed by atoms with Crippen LogP contribution in [0, 0.1) is 0 Å². The van der Waals surface area contributed by atoms with Gasteiger partial charge >= 0.3 is 6.09 Å². The Morgan fingerprint density at radius 1 is 1.44 bits per heavy atom. The summed E-state index contributed by atoms with van der Waals surface area (Å²) in [5, 5.41) is 10.3. The van der Waals surface area contributed by atoms with Gasteiger partial charge in [0.25, 0.3) is 0 Å². The minimum absolute atomic E-state index is 0.0673. The maximum atomic E-state index is 10.5. The summed E-state index contributed by atoms with van der Waals surface area (Å²) in [5.41, 5.74) is 6.12. The van der Waals surface area contributed by atoms with E-state index in [1.165, 1.54) is 6.07 Å². The smallest absolute Gasteiger partial charge is 0.404 e. The van der Waals surface area contributed by atoms with Crippen molar-refractivity contribution in [1.82, 2.24) is 4.98 Å². The molecule has 1 amide bonds. The molecule has 2 aromatic rings. The number of amides is 1. The Balaban J connectivity index is 2.46. The van der Waals surface area contributed by atoms with Crippen molar-refractivity contribution in [2.75, 3.05) is 0 Å². The van der Waals surface area contributed by atoms with Gasteiger partial charge in [0, 0.05) is 11.6 Å². The van der Waals surface area contributed by atoms with Gasteiger partial charge in [0.15, 0.2) is 0 Å². The molecule has 0 saturated heterocycles. The van der Waals surface area contributed by atoms with Crippen molar-refractivity contribution in [3.63, 3.8) is 0 Å². The number of nitrogens with zero attached hydrogens (tertiary/aromatic N) is 1. The van der Waals surface area contributed by atoms with Gasteiger partial charge in [-0.25, -0.2) is 4.79 Å². The van der Waals surface area contributed by atoms with Crippen LogP contribution in [0.2, 0.25) is 0 Å². The van der Waals surface area contributed by atoms with Gasteiger partial charge in [-0.15, -0.1) is 0 Å². The lowest BCUT2D eigenvalue weighted by Gasteiger charge is -2.06. The van der Waals surface area contributed by atoms with Crippen molar-refractivity contribution >= 4 is 17.0 Å². The summed E-state index contributed by atoms with van der Waals surface area (Å²) >= 11 is 0. The number of benzene rings is 1. The summed E-state index contributed by atoms with van der Waals surface area (Å²) in [5.74, 6) is 0.0958. The Kier molecular flexibility index (Phi) is 2.59. The van der Waals surface area contributed by atoms with Crippen LogP contribution in [0.25, 0.3) is 10.9 Å². The van der Waals surface area contributed by atoms with Crippen molar-refractivity contribution in [2.24, 2.45) is 5.73 Å². The van der Waals surface area contributed by atoms with E-state index in [2.05, 4.69) is 4.98 Å². The number of pyridine rings is 1. The lowest BCUT2D eigenvalue weighted by Crippen LogP contribution is -2.12. The summed E-state index contributed by atoms with van der Waals surface area (Å²) < 4.78 is 4.71. The first kappa shape index (κ1) is 10.2. The molecule has 1 heterocycles. The molecule has 0 spiro atoms. The van der Waals surface area contributed by atoms with E-state index in [-0.39, 0.29) is 12.4 Å². The molecule has 3 N–H and O–H groups in total. The maximum absolute atomic E-state index is 10.5. The van der Waals surface area contributed by atoms with Crippen LogP contribution < -0.4 is 5.73 Å². The molecular weight excluding hydrogens is 208 g/mol. The summed E-state index contributed by atoms with van der Waals surface area (Å²) in [6, 6.07) is 6.72. The largest absolute Gasteiger partial charge is 0.506 e. The predicted molar refractivity (Wildman–Crippen MR) is 57.8 cm³/mol. The van der Waals surface area contributed by atoms with Crippen LogP contribution in [0.4, 0.5) is 4.79 Å². The number of carbonyl (C=O) groups excluding carboxylic acids is 1. The minimum Gasteiger partial charge on any atom is -0.506 e. The number of rotatable bonds is 2. The first-order valence-electron chi connectivity index (χ1n) is 4.66. The first-order valence-corrected chi connectivity index (χ1v) is 4.66. The lowest BCUT2D eigenvalue weighted by atomic mass is 10.1. The normalized spacial score (nSPS) is 10.2. The number of carbonyl (C=O) groups is 1. The second-order valence-corrected chi connectivity index (χ2v) is 3.25. The fraction of sp³-hybridized carbons (Fsp3) is 0.0909. The fourth-order valence-electron chi connectivity index (χ4n) is 1.49. The van der Waals surface area contributed by atoms with Crippen molar-refractivity contribution in [3.05, 3.63) is 36.0 Å². The van der Waals surface area contributed by atoms with Gasteiger partial charge in [-0.05, 0) is 17.7 Å². The molecule has 0 bridgehead atoms. The molecule has 0 saturated carbocycles. The molecule has 16 heavy (non-hydrogen) atoms. The zero-order chi connectivity index (χ0) is 11.5. The highest BCUT2D eigenvalue weighted by Crippen LogP contribution is 2.25. The van der Waals surface area contributed by atoms with Crippen molar-refractivity contribution in [1.29, 1.82) is 0 Å². The number of ether oxygens (including phenoxy) is 1. The van der Waals surface area contributed by atoms with Gasteiger partial charge < -0.3 is 15.6 Å². The molecule has 1 aromatic carbocycles. The van der Waals surface area contributed by atoms with E-state index < -0.39 is 6.09 Å². The number of aromatic hydroxyl groups is 1. The Hall–Kier alpha value is -2.30. The van der Waals surface area contributed by atoms with Crippen LogP contribution in [0.1, 0.15) is 5.56 Å². The molecule has 0 aliphatic carbocycles. The number of fused-ring (bicyclic) bond motifs is 1. The predicted octanol–water partition coefficient (Wildman–Crippen LogP) is 1.54. The highest BCUT2D eigenvalue weighted by Gasteiger charge is 2.06. The first-order chi connectivity index (χ1) is 7.68. The van der Waals surface area contributed by atoms with Crippen molar-refractivity contribution < 1.29 is 14.6 Å². The van der Waals surface area contributed by atoms with Crippen LogP contribution >= 0.6 is 0 Å². The Morgan fingerprint density at radius 2 is 2.25 bits per heavy atom. The van der Waals surface area contributed by atoms with Crippen LogP contribution in [0.3, 0.4) is 0 Å². The number of phenolic OH excluding ortho intramolecular Hbond substituents is 1. The van der Waals surface area contributed by atoms with E-state index in [0.29, 0.717) is 5.52 Å². The van der Waals surface area contributed by atoms with E-state index in [4.69, 9.17) is 10.5 Å². The molecule has 5 nitrogen and oxygen atoms in total. The van der Waals surface area contributed by atoms with Gasteiger partial charge in [-0.3, -0.25) is 4.98 Å². The summed E-state index contributed by atoms with van der Waals surface area (Å²) in [6.45, 7) is 0.0673. The lowest BCUT2D eigenvalue weighted by molar-refractivity contribution is 0.150. The number of aromatic nitrogens is 1. The van der Waals surface area contributed by atoms with E-state index in [1.54, 1.807) is 24.4 Å². The number of phenols is 1. The molecule has 0 radical (unpaired) electrons. The van der Waals surface area contributed by atoms with Gasteiger partial charge in [0.2, 0.25) is 0 Å². The van der Waals surface area contributed by atoms with Gasteiger partial charge in [0.1, 0.15) is 17.9 Å². The Labute approximate surface area is 91.5 Å². The molecule has 5 heteroatoms. The second kappa shape index (κ2) is 4.06. The number of nitrogens with two attached hydrogens (primary N) is 1. The molecule has 1 aromatic heterocycles. The SMILES string of the molecule is NC(=O)OCc1ccc(O)c2ncccc12. The van der Waals surface area contributed by atoms with E-state index in [1.807, 2.05) is 0 Å². The standard InChI is InChI=1S/C11H10N2O3/c12-11(15)16-6-7-3-4-9(14)10-8(7)2-1-5-13-10/h1-5,14H,6H2,(H2,12,15). The monoisotopic (exact) mass is 218 g/mol. The molecule has 82 valence electrons. The van der Waals surface area contributed by atoms with Crippen molar-refractivity contribution in [2.45, 2.75) is 6.61 Å². The molecule has 2 rings (SSSR count). The van der Waals surface area contributed by atoms with Crippen molar-refractivity contribution in [3.8, 4) is 5.75 Å². The maximum Gasteiger partial charge on any atom is 0.404 e. The topological polar surface area (TPSA) is 85.4 Å². The molecule has 0 atom stereocenters. The third-order valence-electron chi connectivity index (χ3n) is 2.21. The molecule has 0 aliphatic rings. The highest BCUT2D eigenvalue weighted by atomic mass is 16.5. The van der Waals surface area contributed by atoms with Crippen LogP contribution in [0.15, 0.2) is 30.5 Å². The van der Waals surface area contributed by atoms with Gasteiger partial charge in [0.05, 0.1) is 0 Å². The Morgan fingerprint density at radius 3 is 3.00 bits per heavy atom. The fourth-order valence-corrected chi connectivity index (χ4v) is 1.49. The van der Waals surface area contributed by atoms with Crippen LogP contribution in [-0.2, 0) is 11.3 Å². The van der Waals surface area contributed by atoms with Gasteiger partial charge in [-0.2, -0.15) is 0 Å². The van der Waals surface area contributed by atoms with Gasteiger partial charge in [-0.1, -0.05) is 12.1 Å². The summed E-state index contributed by atoms with van der Waals surface area (Å²) in [6.07, 6.45) is 0.756.